The van der Waals surface area contributed by atoms with E-state index in [-0.39, 0.29) is 5.69 Å². The van der Waals surface area contributed by atoms with Gasteiger partial charge in [-0.2, -0.15) is 5.26 Å². The largest absolute Gasteiger partial charge is 0.453 e. The molecule has 0 amide bonds. The lowest BCUT2D eigenvalue weighted by Crippen LogP contribution is -2.20. The molecular weight excluding hydrogens is 326 g/mol. The third-order valence-corrected chi connectivity index (χ3v) is 4.46. The minimum atomic E-state index is -1.01. The zero-order valence-electron chi connectivity index (χ0n) is 12.8. The molecule has 3 rings (SSSR count). The fourth-order valence-electron chi connectivity index (χ4n) is 2.25. The van der Waals surface area contributed by atoms with E-state index in [1.807, 2.05) is 30.3 Å². The highest BCUT2D eigenvalue weighted by atomic mass is 32.1. The molecule has 0 spiro atoms. The van der Waals surface area contributed by atoms with E-state index < -0.39 is 24.3 Å². The number of ketones is 1. The van der Waals surface area contributed by atoms with Gasteiger partial charge in [0.1, 0.15) is 10.7 Å². The number of aryl methyl sites for hydroxylation is 1. The summed E-state index contributed by atoms with van der Waals surface area (Å²) in [5.74, 6) is -2.14. The summed E-state index contributed by atoms with van der Waals surface area (Å²) in [4.78, 5) is 31.3. The molecule has 0 fully saturated rings. The van der Waals surface area contributed by atoms with Gasteiger partial charge in [0.15, 0.2) is 18.3 Å². The van der Waals surface area contributed by atoms with Crippen LogP contribution in [-0.4, -0.2) is 28.3 Å². The molecule has 24 heavy (non-hydrogen) atoms. The lowest BCUT2D eigenvalue weighted by atomic mass is 10.1. The Morgan fingerprint density at radius 2 is 2.21 bits per heavy atom. The first kappa shape index (κ1) is 15.9. The lowest BCUT2D eigenvalue weighted by Gasteiger charge is -2.06. The number of fused-ring (bicyclic) bond motifs is 1. The number of Topliss-reactive ketones (excluding diaryl/α,β-unsaturated/α-hetero) is 1. The van der Waals surface area contributed by atoms with Crippen molar-refractivity contribution in [1.29, 1.82) is 5.26 Å². The number of carbonyl (C=O) groups is 2. The van der Waals surface area contributed by atoms with Crippen molar-refractivity contribution in [2.45, 2.75) is 12.8 Å². The van der Waals surface area contributed by atoms with Crippen LogP contribution in [0.5, 0.6) is 0 Å². The van der Waals surface area contributed by atoms with E-state index in [0.29, 0.717) is 5.01 Å². The molecule has 0 aliphatic carbocycles. The molecule has 1 N–H and O–H groups in total. The van der Waals surface area contributed by atoms with Gasteiger partial charge >= 0.3 is 5.97 Å². The maximum absolute atomic E-state index is 12.1. The van der Waals surface area contributed by atoms with Crippen LogP contribution >= 0.6 is 11.3 Å². The number of rotatable bonds is 5. The van der Waals surface area contributed by atoms with E-state index in [0.717, 1.165) is 16.6 Å². The van der Waals surface area contributed by atoms with Crippen LogP contribution in [-0.2, 0) is 9.53 Å². The van der Waals surface area contributed by atoms with Crippen LogP contribution in [0, 0.1) is 18.3 Å². The average molecular weight is 339 g/mol. The quantitative estimate of drug-likeness (QED) is 0.721. The fraction of sp³-hybridized carbons (Fsp3) is 0.176. The SMILES string of the molecule is Cc1csc([C@@H](C#N)C(=O)COC(=O)c2cc3ccccc3[nH]2)n1. The number of ether oxygens (including phenoxy) is 1. The van der Waals surface area contributed by atoms with Crippen molar-refractivity contribution in [2.24, 2.45) is 0 Å². The second-order valence-electron chi connectivity index (χ2n) is 5.20. The van der Waals surface area contributed by atoms with Crippen LogP contribution < -0.4 is 0 Å². The van der Waals surface area contributed by atoms with E-state index in [1.54, 1.807) is 18.4 Å². The number of carbonyl (C=O) groups excluding carboxylic acids is 2. The van der Waals surface area contributed by atoms with Crippen molar-refractivity contribution in [3.63, 3.8) is 0 Å². The van der Waals surface area contributed by atoms with Crippen molar-refractivity contribution in [3.05, 3.63) is 52.1 Å². The van der Waals surface area contributed by atoms with Gasteiger partial charge in [-0.15, -0.1) is 11.3 Å². The average Bonchev–Trinajstić information content (AvgIpc) is 3.19. The summed E-state index contributed by atoms with van der Waals surface area (Å²) in [5, 5.41) is 12.3. The minimum absolute atomic E-state index is 0.266. The monoisotopic (exact) mass is 339 g/mol. The lowest BCUT2D eigenvalue weighted by molar-refractivity contribution is -0.122. The maximum atomic E-state index is 12.1. The molecule has 2 aromatic heterocycles. The molecule has 6 nitrogen and oxygen atoms in total. The van der Waals surface area contributed by atoms with E-state index in [9.17, 15) is 14.9 Å². The summed E-state index contributed by atoms with van der Waals surface area (Å²) in [5.41, 5.74) is 1.82. The summed E-state index contributed by atoms with van der Waals surface area (Å²) in [7, 11) is 0. The molecule has 2 heterocycles. The number of nitriles is 1. The molecular formula is C17H13N3O3S. The predicted molar refractivity (Wildman–Crippen MR) is 88.8 cm³/mol. The Hall–Kier alpha value is -2.98. The number of H-pyrrole nitrogens is 1. The van der Waals surface area contributed by atoms with Crippen molar-refractivity contribution >= 4 is 34.0 Å². The summed E-state index contributed by atoms with van der Waals surface area (Å²) >= 11 is 1.24. The Labute approximate surface area is 141 Å². The van der Waals surface area contributed by atoms with Gasteiger partial charge in [0.2, 0.25) is 0 Å². The van der Waals surface area contributed by atoms with Crippen LogP contribution in [0.25, 0.3) is 10.9 Å². The third-order valence-electron chi connectivity index (χ3n) is 3.43. The van der Waals surface area contributed by atoms with Crippen LogP contribution in [0.15, 0.2) is 35.7 Å². The van der Waals surface area contributed by atoms with Crippen molar-refractivity contribution in [2.75, 3.05) is 6.61 Å². The number of nitrogens with one attached hydrogen (secondary N) is 1. The third kappa shape index (κ3) is 3.19. The smallest absolute Gasteiger partial charge is 0.355 e. The second-order valence-corrected chi connectivity index (χ2v) is 6.09. The molecule has 1 aromatic carbocycles. The number of esters is 1. The van der Waals surface area contributed by atoms with Crippen molar-refractivity contribution < 1.29 is 14.3 Å². The number of aromatic nitrogens is 2. The van der Waals surface area contributed by atoms with E-state index in [4.69, 9.17) is 4.74 Å². The zero-order valence-corrected chi connectivity index (χ0v) is 13.6. The molecule has 0 aliphatic heterocycles. The highest BCUT2D eigenvalue weighted by Crippen LogP contribution is 2.21. The first-order chi connectivity index (χ1) is 11.6. The number of hydrogen-bond donors (Lipinski definition) is 1. The molecule has 0 unspecified atom stereocenters. The van der Waals surface area contributed by atoms with Crippen LogP contribution in [0.3, 0.4) is 0 Å². The fourth-order valence-corrected chi connectivity index (χ4v) is 3.11. The first-order valence-corrected chi connectivity index (χ1v) is 8.05. The van der Waals surface area contributed by atoms with Crippen LogP contribution in [0.1, 0.15) is 27.1 Å². The maximum Gasteiger partial charge on any atom is 0.355 e. The van der Waals surface area contributed by atoms with Gasteiger partial charge < -0.3 is 9.72 Å². The Balaban J connectivity index is 1.67. The summed E-state index contributed by atoms with van der Waals surface area (Å²) < 4.78 is 5.04. The first-order valence-electron chi connectivity index (χ1n) is 7.17. The van der Waals surface area contributed by atoms with Crippen molar-refractivity contribution in [1.82, 2.24) is 9.97 Å². The summed E-state index contributed by atoms with van der Waals surface area (Å²) in [6, 6.07) is 11.0. The van der Waals surface area contributed by atoms with Crippen molar-refractivity contribution in [3.8, 4) is 6.07 Å². The number of hydrogen-bond acceptors (Lipinski definition) is 6. The number of para-hydroxylation sites is 1. The number of benzene rings is 1. The topological polar surface area (TPSA) is 95.8 Å². The summed E-state index contributed by atoms with van der Waals surface area (Å²) in [6.45, 7) is 1.32. The molecule has 0 bridgehead atoms. The number of nitrogens with zero attached hydrogens (tertiary/aromatic N) is 2. The summed E-state index contributed by atoms with van der Waals surface area (Å²) in [6.07, 6.45) is 0. The standard InChI is InChI=1S/C17H13N3O3S/c1-10-9-24-16(19-10)12(7-18)15(21)8-23-17(22)14-6-11-4-2-3-5-13(11)20-14/h2-6,9,12,20H,8H2,1H3/t12-/m0/s1. The second kappa shape index (κ2) is 6.64. The van der Waals surface area contributed by atoms with Crippen LogP contribution in [0.2, 0.25) is 0 Å². The Bertz CT molecular complexity index is 918. The Morgan fingerprint density at radius 3 is 2.88 bits per heavy atom. The van der Waals surface area contributed by atoms with Gasteiger partial charge in [-0.05, 0) is 19.1 Å². The minimum Gasteiger partial charge on any atom is -0.453 e. The van der Waals surface area contributed by atoms with Gasteiger partial charge in [0, 0.05) is 22.0 Å². The highest BCUT2D eigenvalue weighted by molar-refractivity contribution is 7.09. The molecule has 1 atom stereocenters. The van der Waals surface area contributed by atoms with E-state index in [1.165, 1.54) is 11.3 Å². The normalized spacial score (nSPS) is 11.8. The Kier molecular flexibility index (Phi) is 4.40. The van der Waals surface area contributed by atoms with Gasteiger partial charge in [-0.3, -0.25) is 4.79 Å². The molecule has 3 aromatic rings. The Morgan fingerprint density at radius 1 is 1.42 bits per heavy atom. The number of thiazole rings is 1. The van der Waals surface area contributed by atoms with Gasteiger partial charge in [-0.25, -0.2) is 9.78 Å². The molecule has 0 aliphatic rings. The van der Waals surface area contributed by atoms with Gasteiger partial charge in [0.25, 0.3) is 0 Å². The van der Waals surface area contributed by atoms with Gasteiger partial charge in [0.05, 0.1) is 6.07 Å². The molecule has 7 heteroatoms. The van der Waals surface area contributed by atoms with Gasteiger partial charge in [-0.1, -0.05) is 18.2 Å². The molecule has 0 saturated carbocycles. The zero-order chi connectivity index (χ0) is 17.1. The predicted octanol–water partition coefficient (Wildman–Crippen LogP) is 2.97. The van der Waals surface area contributed by atoms with E-state index >= 15 is 0 Å². The molecule has 0 saturated heterocycles. The highest BCUT2D eigenvalue weighted by Gasteiger charge is 2.25. The van der Waals surface area contributed by atoms with E-state index in [2.05, 4.69) is 9.97 Å². The number of aromatic amines is 1. The molecule has 0 radical (unpaired) electrons. The van der Waals surface area contributed by atoms with Crippen LogP contribution in [0.4, 0.5) is 0 Å². The molecule has 120 valence electrons.